The maximum absolute atomic E-state index is 12.1. The Morgan fingerprint density at radius 1 is 1.43 bits per heavy atom. The zero-order chi connectivity index (χ0) is 16.3. The van der Waals surface area contributed by atoms with Crippen molar-refractivity contribution in [2.24, 2.45) is 5.41 Å². The van der Waals surface area contributed by atoms with Gasteiger partial charge in [0.1, 0.15) is 9.84 Å². The molecule has 2 amide bonds. The number of nitrogens with one attached hydrogen (secondary N) is 1. The molecular weight excluding hydrogens is 296 g/mol. The molecular formula is C13H24N2O5S. The second kappa shape index (κ2) is 6.64. The first-order valence-corrected chi connectivity index (χ1v) is 9.12. The van der Waals surface area contributed by atoms with Gasteiger partial charge in [-0.2, -0.15) is 0 Å². The average molecular weight is 320 g/mol. The predicted molar refractivity (Wildman–Crippen MR) is 78.9 cm³/mol. The van der Waals surface area contributed by atoms with Crippen molar-refractivity contribution in [3.8, 4) is 0 Å². The van der Waals surface area contributed by atoms with Gasteiger partial charge < -0.3 is 15.3 Å². The first-order valence-electron chi connectivity index (χ1n) is 7.06. The van der Waals surface area contributed by atoms with E-state index in [1.165, 1.54) is 4.90 Å². The van der Waals surface area contributed by atoms with Crippen LogP contribution in [0.4, 0.5) is 4.79 Å². The highest BCUT2D eigenvalue weighted by atomic mass is 32.2. The van der Waals surface area contributed by atoms with Crippen molar-refractivity contribution >= 4 is 21.8 Å². The van der Waals surface area contributed by atoms with E-state index >= 15 is 0 Å². The fraction of sp³-hybridized carbons (Fsp3) is 0.846. The van der Waals surface area contributed by atoms with Gasteiger partial charge in [-0.05, 0) is 26.2 Å². The molecule has 21 heavy (non-hydrogen) atoms. The van der Waals surface area contributed by atoms with E-state index in [1.54, 1.807) is 6.92 Å². The van der Waals surface area contributed by atoms with Crippen LogP contribution in [0.15, 0.2) is 0 Å². The normalized spacial score (nSPS) is 24.4. The molecule has 122 valence electrons. The molecule has 1 rings (SSSR count). The molecule has 1 fully saturated rings. The molecule has 8 heteroatoms. The molecule has 0 bridgehead atoms. The lowest BCUT2D eigenvalue weighted by Gasteiger charge is -2.39. The van der Waals surface area contributed by atoms with Gasteiger partial charge in [0.15, 0.2) is 0 Å². The van der Waals surface area contributed by atoms with Gasteiger partial charge in [0.05, 0.1) is 11.2 Å². The first-order chi connectivity index (χ1) is 9.59. The number of carbonyl (C=O) groups is 2. The quantitative estimate of drug-likeness (QED) is 0.776. The summed E-state index contributed by atoms with van der Waals surface area (Å²) in [6.07, 6.45) is 2.77. The minimum Gasteiger partial charge on any atom is -0.481 e. The zero-order valence-corrected chi connectivity index (χ0v) is 13.6. The van der Waals surface area contributed by atoms with Crippen LogP contribution in [-0.4, -0.2) is 61.6 Å². The van der Waals surface area contributed by atoms with Crippen molar-refractivity contribution in [2.45, 2.75) is 39.2 Å². The summed E-state index contributed by atoms with van der Waals surface area (Å²) < 4.78 is 22.4. The molecule has 2 atom stereocenters. The summed E-state index contributed by atoms with van der Waals surface area (Å²) in [5, 5.41) is 12.0. The molecule has 0 spiro atoms. The van der Waals surface area contributed by atoms with E-state index in [1.807, 2.05) is 6.92 Å². The largest absolute Gasteiger partial charge is 0.481 e. The van der Waals surface area contributed by atoms with Crippen LogP contribution in [0, 0.1) is 5.41 Å². The van der Waals surface area contributed by atoms with Gasteiger partial charge in [-0.15, -0.1) is 0 Å². The number of hydrogen-bond acceptors (Lipinski definition) is 4. The SMILES string of the molecule is CCC1(C(=O)O)CCCN(C(=O)NC(C)CS(C)(=O)=O)C1. The highest BCUT2D eigenvalue weighted by molar-refractivity contribution is 7.90. The third kappa shape index (κ3) is 4.87. The van der Waals surface area contributed by atoms with Crippen LogP contribution in [0.5, 0.6) is 0 Å². The van der Waals surface area contributed by atoms with E-state index < -0.39 is 33.3 Å². The minimum absolute atomic E-state index is 0.134. The lowest BCUT2D eigenvalue weighted by molar-refractivity contribution is -0.152. The standard InChI is InChI=1S/C13H24N2O5S/c1-4-13(11(16)17)6-5-7-15(9-13)12(18)14-10(2)8-21(3,19)20/h10H,4-9H2,1-3H3,(H,14,18)(H,16,17). The van der Waals surface area contributed by atoms with Gasteiger partial charge in [0.2, 0.25) is 0 Å². The Morgan fingerprint density at radius 3 is 2.52 bits per heavy atom. The third-order valence-electron chi connectivity index (χ3n) is 3.92. The molecule has 0 saturated carbocycles. The molecule has 0 aromatic rings. The first kappa shape index (κ1) is 17.7. The molecule has 0 aliphatic carbocycles. The van der Waals surface area contributed by atoms with Gasteiger partial charge in [0, 0.05) is 25.4 Å². The summed E-state index contributed by atoms with van der Waals surface area (Å²) in [6.45, 7) is 4.08. The van der Waals surface area contributed by atoms with Gasteiger partial charge in [-0.25, -0.2) is 13.2 Å². The van der Waals surface area contributed by atoms with Crippen LogP contribution in [0.2, 0.25) is 0 Å². The van der Waals surface area contributed by atoms with E-state index in [0.29, 0.717) is 25.8 Å². The van der Waals surface area contributed by atoms with Crippen LogP contribution in [0.1, 0.15) is 33.1 Å². The minimum atomic E-state index is -3.17. The lowest BCUT2D eigenvalue weighted by Crippen LogP contribution is -2.54. The summed E-state index contributed by atoms with van der Waals surface area (Å²) in [6, 6.07) is -0.903. The number of rotatable bonds is 5. The highest BCUT2D eigenvalue weighted by Gasteiger charge is 2.42. The zero-order valence-electron chi connectivity index (χ0n) is 12.8. The summed E-state index contributed by atoms with van der Waals surface area (Å²) >= 11 is 0. The van der Waals surface area contributed by atoms with Gasteiger partial charge >= 0.3 is 12.0 Å². The molecule has 1 aliphatic rings. The second-order valence-corrected chi connectivity index (χ2v) is 8.09. The van der Waals surface area contributed by atoms with Crippen molar-refractivity contribution < 1.29 is 23.1 Å². The molecule has 0 aromatic heterocycles. The Bertz CT molecular complexity index is 505. The summed E-state index contributed by atoms with van der Waals surface area (Å²) in [4.78, 5) is 25.1. The predicted octanol–water partition coefficient (Wildman–Crippen LogP) is 0.706. The molecule has 1 aliphatic heterocycles. The second-order valence-electron chi connectivity index (χ2n) is 5.91. The van der Waals surface area contributed by atoms with E-state index in [4.69, 9.17) is 0 Å². The van der Waals surface area contributed by atoms with E-state index in [2.05, 4.69) is 5.32 Å². The number of carboxylic acids is 1. The smallest absolute Gasteiger partial charge is 0.317 e. The van der Waals surface area contributed by atoms with Gasteiger partial charge in [-0.1, -0.05) is 6.92 Å². The molecule has 0 radical (unpaired) electrons. The van der Waals surface area contributed by atoms with Crippen LogP contribution >= 0.6 is 0 Å². The monoisotopic (exact) mass is 320 g/mol. The van der Waals surface area contributed by atoms with Crippen molar-refractivity contribution in [3.63, 3.8) is 0 Å². The Labute approximate surface area is 125 Å². The van der Waals surface area contributed by atoms with Crippen LogP contribution in [0.25, 0.3) is 0 Å². The number of likely N-dealkylation sites (tertiary alicyclic amines) is 1. The van der Waals surface area contributed by atoms with Crippen molar-refractivity contribution in [1.82, 2.24) is 10.2 Å². The topological polar surface area (TPSA) is 104 Å². The number of sulfone groups is 1. The number of carbonyl (C=O) groups excluding carboxylic acids is 1. The average Bonchev–Trinajstić information content (AvgIpc) is 2.36. The maximum Gasteiger partial charge on any atom is 0.317 e. The maximum atomic E-state index is 12.1. The number of urea groups is 1. The molecule has 1 saturated heterocycles. The third-order valence-corrected chi connectivity index (χ3v) is 5.02. The Balaban J connectivity index is 2.68. The fourth-order valence-electron chi connectivity index (χ4n) is 2.72. The van der Waals surface area contributed by atoms with Crippen molar-refractivity contribution in [2.75, 3.05) is 25.1 Å². The van der Waals surface area contributed by atoms with E-state index in [0.717, 1.165) is 6.26 Å². The van der Waals surface area contributed by atoms with Crippen LogP contribution < -0.4 is 5.32 Å². The Kier molecular flexibility index (Phi) is 5.61. The highest BCUT2D eigenvalue weighted by Crippen LogP contribution is 2.33. The summed E-state index contributed by atoms with van der Waals surface area (Å²) in [5.74, 6) is -1.02. The Hall–Kier alpha value is -1.31. The summed E-state index contributed by atoms with van der Waals surface area (Å²) in [5.41, 5.74) is -0.893. The van der Waals surface area contributed by atoms with E-state index in [-0.39, 0.29) is 12.3 Å². The number of aliphatic carboxylic acids is 1. The fourth-order valence-corrected chi connectivity index (χ4v) is 3.71. The van der Waals surface area contributed by atoms with Crippen molar-refractivity contribution in [1.29, 1.82) is 0 Å². The lowest BCUT2D eigenvalue weighted by atomic mass is 9.78. The number of hydrogen-bond donors (Lipinski definition) is 2. The molecule has 1 heterocycles. The Morgan fingerprint density at radius 2 is 2.05 bits per heavy atom. The van der Waals surface area contributed by atoms with Gasteiger partial charge in [-0.3, -0.25) is 4.79 Å². The molecule has 7 nitrogen and oxygen atoms in total. The molecule has 0 aromatic carbocycles. The number of nitrogens with zero attached hydrogens (tertiary/aromatic N) is 1. The van der Waals surface area contributed by atoms with Crippen LogP contribution in [0.3, 0.4) is 0 Å². The van der Waals surface area contributed by atoms with Gasteiger partial charge in [0.25, 0.3) is 0 Å². The van der Waals surface area contributed by atoms with Crippen molar-refractivity contribution in [3.05, 3.63) is 0 Å². The number of carboxylic acid groups (broad SMARTS) is 1. The number of amides is 2. The molecule has 2 N–H and O–H groups in total. The summed E-state index contributed by atoms with van der Waals surface area (Å²) in [7, 11) is -3.17. The van der Waals surface area contributed by atoms with Crippen LogP contribution in [-0.2, 0) is 14.6 Å². The molecule has 2 unspecified atom stereocenters. The number of piperidine rings is 1. The van der Waals surface area contributed by atoms with E-state index in [9.17, 15) is 23.1 Å².